The summed E-state index contributed by atoms with van der Waals surface area (Å²) in [7, 11) is 0. The van der Waals surface area contributed by atoms with Gasteiger partial charge in [0.05, 0.1) is 23.4 Å². The number of esters is 1. The van der Waals surface area contributed by atoms with E-state index in [1.807, 2.05) is 12.1 Å². The van der Waals surface area contributed by atoms with Crippen molar-refractivity contribution in [3.05, 3.63) is 65.5 Å². The van der Waals surface area contributed by atoms with E-state index in [9.17, 15) is 4.79 Å². The van der Waals surface area contributed by atoms with Crippen LogP contribution in [0.1, 0.15) is 60.8 Å². The van der Waals surface area contributed by atoms with Gasteiger partial charge in [-0.15, -0.1) is 5.10 Å². The first kappa shape index (κ1) is 20.1. The predicted octanol–water partition coefficient (Wildman–Crippen LogP) is 4.42. The summed E-state index contributed by atoms with van der Waals surface area (Å²) in [5.41, 5.74) is 3.14. The third kappa shape index (κ3) is 4.06. The smallest absolute Gasteiger partial charge is 0.338 e. The van der Waals surface area contributed by atoms with Crippen LogP contribution in [0.25, 0.3) is 5.69 Å². The molecule has 1 heterocycles. The quantitative estimate of drug-likeness (QED) is 0.612. The molecular weight excluding hydrogens is 378 g/mol. The van der Waals surface area contributed by atoms with E-state index in [-0.39, 0.29) is 11.5 Å². The molecule has 30 heavy (non-hydrogen) atoms. The van der Waals surface area contributed by atoms with Gasteiger partial charge in [0, 0.05) is 5.69 Å². The standard InChI is InChI=1S/C23H27N5O2/c1-3-30-21(29)18-8-7-9-20(16-18)28-22(25-26-27-28)23(14-5-4-6-15-23)24-19-12-10-17(2)11-13-19/h7-13,16,24H,3-6,14-15H2,1-2H3. The Morgan fingerprint density at radius 2 is 1.90 bits per heavy atom. The minimum Gasteiger partial charge on any atom is -0.462 e. The molecule has 0 spiro atoms. The zero-order valence-electron chi connectivity index (χ0n) is 17.5. The summed E-state index contributed by atoms with van der Waals surface area (Å²) in [6.07, 6.45) is 5.30. The van der Waals surface area contributed by atoms with Gasteiger partial charge in [-0.05, 0) is 67.4 Å². The van der Waals surface area contributed by atoms with Gasteiger partial charge in [0.2, 0.25) is 0 Å². The van der Waals surface area contributed by atoms with Crippen LogP contribution >= 0.6 is 0 Å². The summed E-state index contributed by atoms with van der Waals surface area (Å²) in [6, 6.07) is 15.7. The molecule has 2 aromatic carbocycles. The number of aromatic nitrogens is 4. The number of carbonyl (C=O) groups is 1. The lowest BCUT2D eigenvalue weighted by molar-refractivity contribution is 0.0526. The molecule has 1 aliphatic carbocycles. The Labute approximate surface area is 176 Å². The van der Waals surface area contributed by atoms with Crippen LogP contribution in [0, 0.1) is 6.92 Å². The second kappa shape index (κ2) is 8.65. The summed E-state index contributed by atoms with van der Waals surface area (Å²) in [5.74, 6) is 0.419. The number of ether oxygens (including phenoxy) is 1. The number of carbonyl (C=O) groups excluding carboxylic acids is 1. The summed E-state index contributed by atoms with van der Waals surface area (Å²) < 4.78 is 6.89. The van der Waals surface area contributed by atoms with E-state index in [0.29, 0.717) is 12.2 Å². The maximum atomic E-state index is 12.2. The van der Waals surface area contributed by atoms with Gasteiger partial charge in [-0.3, -0.25) is 0 Å². The average molecular weight is 406 g/mol. The van der Waals surface area contributed by atoms with Gasteiger partial charge in [-0.2, -0.15) is 4.68 Å². The minimum atomic E-state index is -0.364. The molecule has 7 heteroatoms. The van der Waals surface area contributed by atoms with Crippen LogP contribution in [0.2, 0.25) is 0 Å². The number of hydrogen-bond donors (Lipinski definition) is 1. The Hall–Kier alpha value is -3.22. The number of tetrazole rings is 1. The maximum absolute atomic E-state index is 12.2. The molecule has 0 radical (unpaired) electrons. The van der Waals surface area contributed by atoms with Crippen molar-refractivity contribution >= 4 is 11.7 Å². The third-order valence-corrected chi connectivity index (χ3v) is 5.64. The molecule has 1 N–H and O–H groups in total. The number of rotatable bonds is 6. The van der Waals surface area contributed by atoms with Crippen LogP contribution in [0.4, 0.5) is 5.69 Å². The molecule has 0 unspecified atom stereocenters. The van der Waals surface area contributed by atoms with Gasteiger partial charge in [-0.25, -0.2) is 4.79 Å². The van der Waals surface area contributed by atoms with Crippen LogP contribution in [0.3, 0.4) is 0 Å². The van der Waals surface area contributed by atoms with Crippen LogP contribution < -0.4 is 5.32 Å². The number of aryl methyl sites for hydroxylation is 1. The fourth-order valence-electron chi connectivity index (χ4n) is 4.11. The second-order valence-electron chi connectivity index (χ2n) is 7.82. The molecular formula is C23H27N5O2. The summed E-state index contributed by atoms with van der Waals surface area (Å²) in [6.45, 7) is 4.21. The number of nitrogens with zero attached hydrogens (tertiary/aromatic N) is 4. The number of benzene rings is 2. The molecule has 1 aliphatic rings. The SMILES string of the molecule is CCOC(=O)c1cccc(-n2nnnc2C2(Nc3ccc(C)cc3)CCCCC2)c1. The molecule has 1 aromatic heterocycles. The largest absolute Gasteiger partial charge is 0.462 e. The van der Waals surface area contributed by atoms with Crippen molar-refractivity contribution in [3.8, 4) is 5.69 Å². The summed E-state index contributed by atoms with van der Waals surface area (Å²) in [4.78, 5) is 12.2. The summed E-state index contributed by atoms with van der Waals surface area (Å²) in [5, 5.41) is 16.4. The molecule has 1 fully saturated rings. The first-order valence-electron chi connectivity index (χ1n) is 10.5. The van der Waals surface area contributed by atoms with Crippen LogP contribution in [0.5, 0.6) is 0 Å². The number of nitrogens with one attached hydrogen (secondary N) is 1. The highest BCUT2D eigenvalue weighted by Crippen LogP contribution is 2.39. The van der Waals surface area contributed by atoms with E-state index in [2.05, 4.69) is 52.0 Å². The topological polar surface area (TPSA) is 81.9 Å². The molecule has 0 bridgehead atoms. The monoisotopic (exact) mass is 405 g/mol. The van der Waals surface area contributed by atoms with Crippen molar-refractivity contribution < 1.29 is 9.53 Å². The van der Waals surface area contributed by atoms with Gasteiger partial charge in [0.15, 0.2) is 5.82 Å². The van der Waals surface area contributed by atoms with Gasteiger partial charge in [0.1, 0.15) is 0 Å². The Morgan fingerprint density at radius 3 is 2.63 bits per heavy atom. The molecule has 4 rings (SSSR count). The molecule has 3 aromatic rings. The van der Waals surface area contributed by atoms with E-state index in [0.717, 1.165) is 42.9 Å². The van der Waals surface area contributed by atoms with Gasteiger partial charge >= 0.3 is 5.97 Å². The zero-order chi connectivity index (χ0) is 21.0. The third-order valence-electron chi connectivity index (χ3n) is 5.64. The lowest BCUT2D eigenvalue weighted by Gasteiger charge is -2.37. The molecule has 0 aliphatic heterocycles. The molecule has 0 atom stereocenters. The number of anilines is 1. The maximum Gasteiger partial charge on any atom is 0.338 e. The Bertz CT molecular complexity index is 1010. The van der Waals surface area contributed by atoms with Gasteiger partial charge in [-0.1, -0.05) is 43.0 Å². The van der Waals surface area contributed by atoms with Crippen LogP contribution in [-0.4, -0.2) is 32.8 Å². The van der Waals surface area contributed by atoms with Crippen molar-refractivity contribution in [1.82, 2.24) is 20.2 Å². The fourth-order valence-corrected chi connectivity index (χ4v) is 4.11. The fraction of sp³-hybridized carbons (Fsp3) is 0.391. The van der Waals surface area contributed by atoms with E-state index >= 15 is 0 Å². The van der Waals surface area contributed by atoms with Crippen molar-refractivity contribution in [1.29, 1.82) is 0 Å². The average Bonchev–Trinajstić information content (AvgIpc) is 3.27. The van der Waals surface area contributed by atoms with Gasteiger partial charge < -0.3 is 10.1 Å². The Morgan fingerprint density at radius 1 is 1.13 bits per heavy atom. The summed E-state index contributed by atoms with van der Waals surface area (Å²) >= 11 is 0. The Kier molecular flexibility index (Phi) is 5.79. The Balaban J connectivity index is 1.72. The molecule has 0 amide bonds. The molecule has 1 saturated carbocycles. The van der Waals surface area contributed by atoms with E-state index in [1.54, 1.807) is 23.7 Å². The highest BCUT2D eigenvalue weighted by Gasteiger charge is 2.39. The lowest BCUT2D eigenvalue weighted by Crippen LogP contribution is -2.40. The van der Waals surface area contributed by atoms with Gasteiger partial charge in [0.25, 0.3) is 0 Å². The normalized spacial score (nSPS) is 15.5. The van der Waals surface area contributed by atoms with Crippen LogP contribution in [-0.2, 0) is 10.3 Å². The lowest BCUT2D eigenvalue weighted by atomic mass is 9.80. The number of hydrogen-bond acceptors (Lipinski definition) is 6. The molecule has 156 valence electrons. The van der Waals surface area contributed by atoms with Crippen molar-refractivity contribution in [2.45, 2.75) is 51.5 Å². The van der Waals surface area contributed by atoms with E-state index in [1.165, 1.54) is 12.0 Å². The second-order valence-corrected chi connectivity index (χ2v) is 7.82. The minimum absolute atomic E-state index is 0.336. The highest BCUT2D eigenvalue weighted by atomic mass is 16.5. The molecule has 7 nitrogen and oxygen atoms in total. The van der Waals surface area contributed by atoms with Crippen LogP contribution in [0.15, 0.2) is 48.5 Å². The first-order chi connectivity index (χ1) is 14.6. The molecule has 0 saturated heterocycles. The first-order valence-corrected chi connectivity index (χ1v) is 10.5. The van der Waals surface area contributed by atoms with Crippen molar-refractivity contribution in [2.24, 2.45) is 0 Å². The zero-order valence-corrected chi connectivity index (χ0v) is 17.5. The van der Waals surface area contributed by atoms with Crippen molar-refractivity contribution in [3.63, 3.8) is 0 Å². The van der Waals surface area contributed by atoms with E-state index < -0.39 is 0 Å². The van der Waals surface area contributed by atoms with E-state index in [4.69, 9.17) is 4.74 Å². The van der Waals surface area contributed by atoms with Crippen molar-refractivity contribution in [2.75, 3.05) is 11.9 Å². The predicted molar refractivity (Wildman–Crippen MR) is 115 cm³/mol. The highest BCUT2D eigenvalue weighted by molar-refractivity contribution is 5.90.